The number of nitrogens with one attached hydrogen (secondary N) is 1. The summed E-state index contributed by atoms with van der Waals surface area (Å²) in [5, 5.41) is 8.33. The van der Waals surface area contributed by atoms with Gasteiger partial charge in [-0.25, -0.2) is 4.68 Å². The predicted molar refractivity (Wildman–Crippen MR) is 82.8 cm³/mol. The summed E-state index contributed by atoms with van der Waals surface area (Å²) in [5.74, 6) is 0. The van der Waals surface area contributed by atoms with Crippen molar-refractivity contribution < 1.29 is 4.74 Å². The number of anilines is 1. The van der Waals surface area contributed by atoms with Gasteiger partial charge in [-0.3, -0.25) is 0 Å². The summed E-state index contributed by atoms with van der Waals surface area (Å²) in [4.78, 5) is 0. The standard InChI is InChI=1S/C15H20ClN3O/c1-15(2,20-3)8-10-17-13-7-4-6-12(16)14(13)19-11-5-9-18-19/h4-7,9,11,17H,8,10H2,1-3H3. The van der Waals surface area contributed by atoms with Crippen molar-refractivity contribution >= 4 is 17.3 Å². The molecule has 0 spiro atoms. The number of methoxy groups -OCH3 is 1. The fraction of sp³-hybridized carbons (Fsp3) is 0.400. The first kappa shape index (κ1) is 14.9. The molecular weight excluding hydrogens is 274 g/mol. The van der Waals surface area contributed by atoms with Gasteiger partial charge in [0.1, 0.15) is 5.69 Å². The molecule has 0 atom stereocenters. The molecule has 1 N–H and O–H groups in total. The van der Waals surface area contributed by atoms with Crippen LogP contribution in [-0.4, -0.2) is 29.0 Å². The summed E-state index contributed by atoms with van der Waals surface area (Å²) in [7, 11) is 1.73. The molecule has 0 aliphatic rings. The summed E-state index contributed by atoms with van der Waals surface area (Å²) < 4.78 is 7.19. The van der Waals surface area contributed by atoms with Crippen LogP contribution in [0.15, 0.2) is 36.7 Å². The Morgan fingerprint density at radius 3 is 2.80 bits per heavy atom. The molecular formula is C15H20ClN3O. The Bertz CT molecular complexity index is 552. The van der Waals surface area contributed by atoms with Crippen molar-refractivity contribution in [3.63, 3.8) is 0 Å². The zero-order chi connectivity index (χ0) is 14.6. The van der Waals surface area contributed by atoms with Crippen LogP contribution in [0.25, 0.3) is 5.69 Å². The second-order valence-electron chi connectivity index (χ2n) is 5.23. The van der Waals surface area contributed by atoms with Crippen molar-refractivity contribution in [2.24, 2.45) is 0 Å². The van der Waals surface area contributed by atoms with Crippen molar-refractivity contribution in [3.05, 3.63) is 41.7 Å². The second kappa shape index (κ2) is 6.29. The Balaban J connectivity index is 2.15. The number of benzene rings is 1. The van der Waals surface area contributed by atoms with Crippen LogP contribution >= 0.6 is 11.6 Å². The van der Waals surface area contributed by atoms with E-state index in [9.17, 15) is 0 Å². The maximum absolute atomic E-state index is 6.29. The van der Waals surface area contributed by atoms with Gasteiger partial charge in [0.2, 0.25) is 0 Å². The number of ether oxygens (including phenoxy) is 1. The van der Waals surface area contributed by atoms with Gasteiger partial charge in [0.05, 0.1) is 16.3 Å². The highest BCUT2D eigenvalue weighted by molar-refractivity contribution is 6.33. The first-order valence-corrected chi connectivity index (χ1v) is 6.99. The van der Waals surface area contributed by atoms with E-state index in [2.05, 4.69) is 24.3 Å². The van der Waals surface area contributed by atoms with Crippen molar-refractivity contribution in [1.29, 1.82) is 0 Å². The quantitative estimate of drug-likeness (QED) is 0.881. The summed E-state index contributed by atoms with van der Waals surface area (Å²) in [5.41, 5.74) is 1.69. The highest BCUT2D eigenvalue weighted by atomic mass is 35.5. The van der Waals surface area contributed by atoms with Crippen LogP contribution in [0.2, 0.25) is 5.02 Å². The Kier molecular flexibility index (Phi) is 4.68. The molecule has 5 heteroatoms. The molecule has 0 aliphatic heterocycles. The average molecular weight is 294 g/mol. The molecule has 0 amide bonds. The molecule has 1 aromatic heterocycles. The van der Waals surface area contributed by atoms with Gasteiger partial charge >= 0.3 is 0 Å². The first-order valence-electron chi connectivity index (χ1n) is 6.61. The zero-order valence-corrected chi connectivity index (χ0v) is 12.8. The summed E-state index contributed by atoms with van der Waals surface area (Å²) in [6.07, 6.45) is 4.52. The fourth-order valence-electron chi connectivity index (χ4n) is 1.89. The van der Waals surface area contributed by atoms with Crippen molar-refractivity contribution in [1.82, 2.24) is 9.78 Å². The number of hydrogen-bond donors (Lipinski definition) is 1. The Labute approximate surface area is 124 Å². The van der Waals surface area contributed by atoms with E-state index in [0.717, 1.165) is 24.3 Å². The molecule has 0 unspecified atom stereocenters. The normalized spacial score (nSPS) is 11.6. The van der Waals surface area contributed by atoms with E-state index in [1.807, 2.05) is 30.5 Å². The van der Waals surface area contributed by atoms with Crippen LogP contribution in [0.3, 0.4) is 0 Å². The molecule has 0 saturated heterocycles. The molecule has 2 aromatic rings. The third kappa shape index (κ3) is 3.52. The number of halogens is 1. The minimum absolute atomic E-state index is 0.141. The van der Waals surface area contributed by atoms with E-state index in [4.69, 9.17) is 16.3 Å². The van der Waals surface area contributed by atoms with Crippen molar-refractivity contribution in [2.75, 3.05) is 19.0 Å². The smallest absolute Gasteiger partial charge is 0.106 e. The molecule has 20 heavy (non-hydrogen) atoms. The van der Waals surface area contributed by atoms with Gasteiger partial charge in [-0.2, -0.15) is 5.10 Å². The first-order chi connectivity index (χ1) is 9.53. The minimum Gasteiger partial charge on any atom is -0.383 e. The highest BCUT2D eigenvalue weighted by Crippen LogP contribution is 2.28. The molecule has 4 nitrogen and oxygen atoms in total. The van der Waals surface area contributed by atoms with Gasteiger partial charge in [-0.05, 0) is 38.5 Å². The van der Waals surface area contributed by atoms with Crippen molar-refractivity contribution in [3.8, 4) is 5.69 Å². The molecule has 0 aliphatic carbocycles. The molecule has 1 aromatic carbocycles. The van der Waals surface area contributed by atoms with Gasteiger partial charge in [0, 0.05) is 26.0 Å². The maximum atomic E-state index is 6.29. The number of nitrogens with zero attached hydrogens (tertiary/aromatic N) is 2. The van der Waals surface area contributed by atoms with Gasteiger partial charge in [0.25, 0.3) is 0 Å². The highest BCUT2D eigenvalue weighted by Gasteiger charge is 2.16. The molecule has 0 fully saturated rings. The Hall–Kier alpha value is -1.52. The van der Waals surface area contributed by atoms with Gasteiger partial charge in [-0.1, -0.05) is 17.7 Å². The molecule has 1 heterocycles. The van der Waals surface area contributed by atoms with Crippen LogP contribution in [0, 0.1) is 0 Å². The number of para-hydroxylation sites is 1. The van der Waals surface area contributed by atoms with E-state index in [0.29, 0.717) is 5.02 Å². The number of hydrogen-bond acceptors (Lipinski definition) is 3. The lowest BCUT2D eigenvalue weighted by molar-refractivity contribution is 0.0185. The largest absolute Gasteiger partial charge is 0.383 e. The van der Waals surface area contributed by atoms with E-state index >= 15 is 0 Å². The summed E-state index contributed by atoms with van der Waals surface area (Å²) in [6, 6.07) is 7.67. The third-order valence-corrected chi connectivity index (χ3v) is 3.62. The summed E-state index contributed by atoms with van der Waals surface area (Å²) in [6.45, 7) is 4.94. The van der Waals surface area contributed by atoms with Crippen molar-refractivity contribution in [2.45, 2.75) is 25.9 Å². The molecule has 0 saturated carbocycles. The van der Waals surface area contributed by atoms with Crippen LogP contribution in [-0.2, 0) is 4.74 Å². The third-order valence-electron chi connectivity index (χ3n) is 3.32. The van der Waals surface area contributed by atoms with E-state index in [-0.39, 0.29) is 5.60 Å². The number of aromatic nitrogens is 2. The van der Waals surface area contributed by atoms with E-state index in [1.54, 1.807) is 18.0 Å². The van der Waals surface area contributed by atoms with Crippen LogP contribution in [0.5, 0.6) is 0 Å². The average Bonchev–Trinajstić information content (AvgIpc) is 2.92. The van der Waals surface area contributed by atoms with E-state index < -0.39 is 0 Å². The second-order valence-corrected chi connectivity index (χ2v) is 5.63. The lowest BCUT2D eigenvalue weighted by Crippen LogP contribution is -2.26. The zero-order valence-electron chi connectivity index (χ0n) is 12.1. The van der Waals surface area contributed by atoms with Crippen LogP contribution < -0.4 is 5.32 Å². The maximum Gasteiger partial charge on any atom is 0.106 e. The van der Waals surface area contributed by atoms with Gasteiger partial charge < -0.3 is 10.1 Å². The summed E-state index contributed by atoms with van der Waals surface area (Å²) >= 11 is 6.29. The SMILES string of the molecule is COC(C)(C)CCNc1cccc(Cl)c1-n1cccn1. The monoisotopic (exact) mass is 293 g/mol. The molecule has 0 bridgehead atoms. The predicted octanol–water partition coefficient (Wildman–Crippen LogP) is 3.75. The van der Waals surface area contributed by atoms with Gasteiger partial charge in [0.15, 0.2) is 0 Å². The Morgan fingerprint density at radius 1 is 1.35 bits per heavy atom. The fourth-order valence-corrected chi connectivity index (χ4v) is 2.15. The van der Waals surface area contributed by atoms with E-state index in [1.165, 1.54) is 0 Å². The lowest BCUT2D eigenvalue weighted by Gasteiger charge is -2.23. The number of rotatable bonds is 6. The molecule has 2 rings (SSSR count). The molecule has 0 radical (unpaired) electrons. The Morgan fingerprint density at radius 2 is 2.15 bits per heavy atom. The van der Waals surface area contributed by atoms with Gasteiger partial charge in [-0.15, -0.1) is 0 Å². The molecule has 108 valence electrons. The van der Waals surface area contributed by atoms with Crippen LogP contribution in [0.4, 0.5) is 5.69 Å². The topological polar surface area (TPSA) is 39.1 Å². The minimum atomic E-state index is -0.141. The van der Waals surface area contributed by atoms with Crippen LogP contribution in [0.1, 0.15) is 20.3 Å². The lowest BCUT2D eigenvalue weighted by atomic mass is 10.1.